The first kappa shape index (κ1) is 20.4. The lowest BCUT2D eigenvalue weighted by Crippen LogP contribution is -2.25. The Labute approximate surface area is 167 Å². The quantitative estimate of drug-likeness (QED) is 0.689. The SMILES string of the molecule is COC(=O)CCc1cccc(NC2=CC(=O)c3c(cccc3S(N)(=O)=O)C2=O)c1. The van der Waals surface area contributed by atoms with Gasteiger partial charge in [0.15, 0.2) is 5.78 Å². The van der Waals surface area contributed by atoms with E-state index in [9.17, 15) is 22.8 Å². The van der Waals surface area contributed by atoms with Gasteiger partial charge >= 0.3 is 5.97 Å². The molecule has 0 aromatic heterocycles. The summed E-state index contributed by atoms with van der Waals surface area (Å²) < 4.78 is 28.1. The van der Waals surface area contributed by atoms with Crippen LogP contribution in [-0.4, -0.2) is 33.1 Å². The second-order valence-corrected chi connectivity index (χ2v) is 7.91. The number of anilines is 1. The minimum Gasteiger partial charge on any atom is -0.469 e. The van der Waals surface area contributed by atoms with E-state index in [2.05, 4.69) is 10.1 Å². The van der Waals surface area contributed by atoms with Gasteiger partial charge in [-0.25, -0.2) is 13.6 Å². The molecule has 0 bridgehead atoms. The summed E-state index contributed by atoms with van der Waals surface area (Å²) in [5, 5.41) is 8.06. The molecule has 0 radical (unpaired) electrons. The van der Waals surface area contributed by atoms with Gasteiger partial charge in [-0.2, -0.15) is 0 Å². The number of allylic oxidation sites excluding steroid dienone is 2. The molecule has 1 aliphatic rings. The van der Waals surface area contributed by atoms with Gasteiger partial charge in [0.2, 0.25) is 15.8 Å². The van der Waals surface area contributed by atoms with Crippen LogP contribution >= 0.6 is 0 Å². The summed E-state index contributed by atoms with van der Waals surface area (Å²) in [6, 6.07) is 11.0. The zero-order valence-corrected chi connectivity index (χ0v) is 16.3. The Bertz CT molecular complexity index is 1150. The number of nitrogens with two attached hydrogens (primary N) is 1. The van der Waals surface area contributed by atoms with Gasteiger partial charge in [-0.15, -0.1) is 0 Å². The molecule has 0 fully saturated rings. The van der Waals surface area contributed by atoms with Crippen LogP contribution in [-0.2, 0) is 26.0 Å². The van der Waals surface area contributed by atoms with Gasteiger partial charge in [0, 0.05) is 23.7 Å². The molecular formula is C20H18N2O6S. The van der Waals surface area contributed by atoms with Crippen LogP contribution in [0.25, 0.3) is 0 Å². The first-order chi connectivity index (χ1) is 13.7. The summed E-state index contributed by atoms with van der Waals surface area (Å²) in [5.74, 6) is -1.49. The van der Waals surface area contributed by atoms with Gasteiger partial charge in [0.1, 0.15) is 0 Å². The maximum Gasteiger partial charge on any atom is 0.305 e. The number of carbonyl (C=O) groups excluding carboxylic acids is 3. The lowest BCUT2D eigenvalue weighted by atomic mass is 9.92. The Kier molecular flexibility index (Phi) is 5.62. The summed E-state index contributed by atoms with van der Waals surface area (Å²) >= 11 is 0. The topological polar surface area (TPSA) is 133 Å². The van der Waals surface area contributed by atoms with Crippen molar-refractivity contribution in [3.63, 3.8) is 0 Å². The number of rotatable bonds is 6. The van der Waals surface area contributed by atoms with E-state index in [1.807, 2.05) is 6.07 Å². The van der Waals surface area contributed by atoms with E-state index in [1.165, 1.54) is 25.3 Å². The van der Waals surface area contributed by atoms with Gasteiger partial charge in [-0.1, -0.05) is 24.3 Å². The fourth-order valence-electron chi connectivity index (χ4n) is 3.03. The molecule has 3 rings (SSSR count). The number of aryl methyl sites for hydroxylation is 1. The number of hydrogen-bond acceptors (Lipinski definition) is 7. The minimum atomic E-state index is -4.16. The molecule has 150 valence electrons. The second kappa shape index (κ2) is 7.98. The van der Waals surface area contributed by atoms with E-state index >= 15 is 0 Å². The first-order valence-electron chi connectivity index (χ1n) is 8.60. The number of benzene rings is 2. The van der Waals surface area contributed by atoms with E-state index < -0.39 is 21.6 Å². The number of carbonyl (C=O) groups is 3. The molecule has 0 heterocycles. The lowest BCUT2D eigenvalue weighted by molar-refractivity contribution is -0.140. The van der Waals surface area contributed by atoms with E-state index in [4.69, 9.17) is 5.14 Å². The van der Waals surface area contributed by atoms with Crippen molar-refractivity contribution in [3.8, 4) is 0 Å². The van der Waals surface area contributed by atoms with Crippen LogP contribution in [0.3, 0.4) is 0 Å². The highest BCUT2D eigenvalue weighted by molar-refractivity contribution is 7.89. The van der Waals surface area contributed by atoms with Crippen molar-refractivity contribution >= 4 is 33.2 Å². The van der Waals surface area contributed by atoms with Gasteiger partial charge in [0.25, 0.3) is 0 Å². The third-order valence-corrected chi connectivity index (χ3v) is 5.35. The lowest BCUT2D eigenvalue weighted by Gasteiger charge is -2.18. The maximum absolute atomic E-state index is 12.8. The average molecular weight is 414 g/mol. The molecule has 0 atom stereocenters. The number of Topliss-reactive ketones (excluding diaryl/α,β-unsaturated/α-hetero) is 1. The molecule has 0 spiro atoms. The smallest absolute Gasteiger partial charge is 0.305 e. The van der Waals surface area contributed by atoms with Crippen molar-refractivity contribution in [2.45, 2.75) is 17.7 Å². The zero-order chi connectivity index (χ0) is 21.2. The van der Waals surface area contributed by atoms with Crippen molar-refractivity contribution in [2.75, 3.05) is 12.4 Å². The predicted octanol–water partition coefficient (Wildman–Crippen LogP) is 1.81. The Morgan fingerprint density at radius 1 is 1.14 bits per heavy atom. The molecule has 29 heavy (non-hydrogen) atoms. The molecule has 0 saturated carbocycles. The average Bonchev–Trinajstić information content (AvgIpc) is 2.69. The number of sulfonamides is 1. The highest BCUT2D eigenvalue weighted by atomic mass is 32.2. The predicted molar refractivity (Wildman–Crippen MR) is 105 cm³/mol. The highest BCUT2D eigenvalue weighted by Gasteiger charge is 2.30. The Balaban J connectivity index is 1.88. The summed E-state index contributed by atoms with van der Waals surface area (Å²) in [7, 11) is -2.84. The molecule has 8 nitrogen and oxygen atoms in total. The van der Waals surface area contributed by atoms with E-state index in [0.29, 0.717) is 12.1 Å². The van der Waals surface area contributed by atoms with Crippen molar-refractivity contribution in [3.05, 3.63) is 70.9 Å². The fraction of sp³-hybridized carbons (Fsp3) is 0.150. The van der Waals surface area contributed by atoms with Crippen molar-refractivity contribution in [2.24, 2.45) is 5.14 Å². The number of nitrogens with one attached hydrogen (secondary N) is 1. The van der Waals surface area contributed by atoms with Crippen molar-refractivity contribution < 1.29 is 27.5 Å². The Hall–Kier alpha value is -3.30. The molecule has 9 heteroatoms. The van der Waals surface area contributed by atoms with Crippen LogP contribution in [0.4, 0.5) is 5.69 Å². The minimum absolute atomic E-state index is 0.0131. The molecule has 0 unspecified atom stereocenters. The van der Waals surface area contributed by atoms with Crippen LogP contribution in [0.15, 0.2) is 59.1 Å². The van der Waals surface area contributed by atoms with Crippen molar-refractivity contribution in [1.29, 1.82) is 0 Å². The molecule has 3 N–H and O–H groups in total. The normalized spacial score (nSPS) is 13.5. The summed E-state index contributed by atoms with van der Waals surface area (Å²) in [5.41, 5.74) is 1.14. The van der Waals surface area contributed by atoms with Gasteiger partial charge in [0.05, 0.1) is 23.3 Å². The third-order valence-electron chi connectivity index (χ3n) is 4.40. The van der Waals surface area contributed by atoms with Crippen LogP contribution in [0.2, 0.25) is 0 Å². The molecule has 0 amide bonds. The number of fused-ring (bicyclic) bond motifs is 1. The van der Waals surface area contributed by atoms with Gasteiger partial charge in [-0.3, -0.25) is 14.4 Å². The highest BCUT2D eigenvalue weighted by Crippen LogP contribution is 2.27. The number of ketones is 2. The molecule has 0 saturated heterocycles. The standard InChI is InChI=1S/C20H18N2O6S/c1-28-18(24)9-8-12-4-2-5-13(10-12)22-15-11-16(23)19-14(20(15)25)6-3-7-17(19)29(21,26)27/h2-7,10-11,22H,8-9H2,1H3,(H2,21,26,27). The number of primary sulfonamides is 1. The van der Waals surface area contributed by atoms with E-state index in [0.717, 1.165) is 11.6 Å². The maximum atomic E-state index is 12.8. The van der Waals surface area contributed by atoms with E-state index in [1.54, 1.807) is 18.2 Å². The molecule has 0 aliphatic heterocycles. The van der Waals surface area contributed by atoms with Crippen LogP contribution < -0.4 is 10.5 Å². The third kappa shape index (κ3) is 4.41. The van der Waals surface area contributed by atoms with Gasteiger partial charge in [-0.05, 0) is 30.2 Å². The molecular weight excluding hydrogens is 396 g/mol. The summed E-state index contributed by atoms with van der Waals surface area (Å²) in [4.78, 5) is 36.3. The van der Waals surface area contributed by atoms with Crippen LogP contribution in [0, 0.1) is 0 Å². The fourth-order valence-corrected chi connectivity index (χ4v) is 3.79. The second-order valence-electron chi connectivity index (χ2n) is 6.38. The van der Waals surface area contributed by atoms with E-state index in [-0.39, 0.29) is 34.1 Å². The van der Waals surface area contributed by atoms with Crippen molar-refractivity contribution in [1.82, 2.24) is 0 Å². The molecule has 2 aromatic carbocycles. The summed E-state index contributed by atoms with van der Waals surface area (Å²) in [6.07, 6.45) is 1.72. The van der Waals surface area contributed by atoms with Crippen LogP contribution in [0.1, 0.15) is 32.7 Å². The molecule has 1 aliphatic carbocycles. The Morgan fingerprint density at radius 3 is 2.55 bits per heavy atom. The van der Waals surface area contributed by atoms with Crippen LogP contribution in [0.5, 0.6) is 0 Å². The first-order valence-corrected chi connectivity index (χ1v) is 10.1. The number of esters is 1. The van der Waals surface area contributed by atoms with Gasteiger partial charge < -0.3 is 10.1 Å². The number of methoxy groups -OCH3 is 1. The largest absolute Gasteiger partial charge is 0.469 e. The number of ether oxygens (including phenoxy) is 1. The molecule has 2 aromatic rings. The summed E-state index contributed by atoms with van der Waals surface area (Å²) in [6.45, 7) is 0. The Morgan fingerprint density at radius 2 is 1.86 bits per heavy atom. The zero-order valence-electron chi connectivity index (χ0n) is 15.5. The monoisotopic (exact) mass is 414 g/mol. The number of hydrogen-bond donors (Lipinski definition) is 2.